The molecule has 1 aromatic rings. The van der Waals surface area contributed by atoms with Gasteiger partial charge in [0.2, 0.25) is 5.91 Å². The number of rotatable bonds is 5. The molecule has 3 atom stereocenters. The van der Waals surface area contributed by atoms with Crippen LogP contribution in [0.25, 0.3) is 0 Å². The molecule has 7 heteroatoms. The first-order chi connectivity index (χ1) is 8.66. The van der Waals surface area contributed by atoms with Crippen molar-refractivity contribution < 1.29 is 14.6 Å². The van der Waals surface area contributed by atoms with Crippen LogP contribution in [0.15, 0.2) is 12.5 Å². The Morgan fingerprint density at radius 3 is 3.22 bits per heavy atom. The molecule has 0 radical (unpaired) electrons. The Hall–Kier alpha value is -1.44. The number of nitrogens with zero attached hydrogens (tertiary/aromatic N) is 1. The molecule has 2 heterocycles. The third kappa shape index (κ3) is 3.28. The van der Waals surface area contributed by atoms with Gasteiger partial charge in [-0.1, -0.05) is 0 Å². The summed E-state index contributed by atoms with van der Waals surface area (Å²) in [5.41, 5.74) is 0.951. The van der Waals surface area contributed by atoms with Crippen LogP contribution in [0, 0.1) is 0 Å². The lowest BCUT2D eigenvalue weighted by atomic mass is 10.1. The lowest BCUT2D eigenvalue weighted by Crippen LogP contribution is -2.44. The first kappa shape index (κ1) is 13.0. The summed E-state index contributed by atoms with van der Waals surface area (Å²) in [6.45, 7) is 2.80. The molecule has 1 amide bonds. The maximum atomic E-state index is 10.8. The van der Waals surface area contributed by atoms with Gasteiger partial charge in [0, 0.05) is 31.9 Å². The summed E-state index contributed by atoms with van der Waals surface area (Å²) >= 11 is 0. The summed E-state index contributed by atoms with van der Waals surface area (Å²) in [6, 6.07) is -0.132. The molecule has 0 aliphatic carbocycles. The fraction of sp³-hybridized carbons (Fsp3) is 0.636. The van der Waals surface area contributed by atoms with Crippen LogP contribution >= 0.6 is 0 Å². The normalized spacial score (nSPS) is 27.3. The first-order valence-corrected chi connectivity index (χ1v) is 5.91. The molecule has 1 aromatic heterocycles. The average Bonchev–Trinajstić information content (AvgIpc) is 2.94. The van der Waals surface area contributed by atoms with Crippen molar-refractivity contribution in [3.63, 3.8) is 0 Å². The number of aromatic amines is 1. The van der Waals surface area contributed by atoms with Crippen LogP contribution in [-0.2, 0) is 16.1 Å². The highest BCUT2D eigenvalue weighted by atomic mass is 16.5. The summed E-state index contributed by atoms with van der Waals surface area (Å²) in [5.74, 6) is -0.125. The highest BCUT2D eigenvalue weighted by Crippen LogP contribution is 2.14. The summed E-state index contributed by atoms with van der Waals surface area (Å²) in [7, 11) is 0. The molecule has 1 fully saturated rings. The zero-order valence-electron chi connectivity index (χ0n) is 10.2. The quantitative estimate of drug-likeness (QED) is 0.527. The average molecular weight is 254 g/mol. The molecule has 0 saturated carbocycles. The van der Waals surface area contributed by atoms with Crippen molar-refractivity contribution in [1.29, 1.82) is 0 Å². The Morgan fingerprint density at radius 1 is 1.72 bits per heavy atom. The molecule has 0 aromatic carbocycles. The number of ether oxygens (including phenoxy) is 1. The topological polar surface area (TPSA) is 99.3 Å². The van der Waals surface area contributed by atoms with Crippen LogP contribution in [0.4, 0.5) is 0 Å². The smallest absolute Gasteiger partial charge is 0.216 e. The van der Waals surface area contributed by atoms with Gasteiger partial charge in [-0.25, -0.2) is 4.98 Å². The predicted octanol–water partition coefficient (Wildman–Crippen LogP) is -1.24. The number of aliphatic hydroxyl groups excluding tert-OH is 1. The van der Waals surface area contributed by atoms with Gasteiger partial charge < -0.3 is 25.5 Å². The second kappa shape index (κ2) is 5.94. The molecular formula is C11H18N4O3. The molecule has 18 heavy (non-hydrogen) atoms. The Kier molecular flexibility index (Phi) is 4.29. The van der Waals surface area contributed by atoms with Crippen LogP contribution in [0.2, 0.25) is 0 Å². The molecule has 2 rings (SSSR count). The Bertz CT molecular complexity index is 382. The summed E-state index contributed by atoms with van der Waals surface area (Å²) in [5, 5.41) is 15.9. The minimum atomic E-state index is -0.625. The summed E-state index contributed by atoms with van der Waals surface area (Å²) in [4.78, 5) is 17.7. The van der Waals surface area contributed by atoms with E-state index in [0.717, 1.165) is 5.69 Å². The Balaban J connectivity index is 1.76. The van der Waals surface area contributed by atoms with Crippen LogP contribution in [0.5, 0.6) is 0 Å². The molecule has 0 spiro atoms. The van der Waals surface area contributed by atoms with Gasteiger partial charge in [-0.05, 0) is 0 Å². The molecule has 4 N–H and O–H groups in total. The number of nitrogens with one attached hydrogen (secondary N) is 3. The van der Waals surface area contributed by atoms with Gasteiger partial charge in [-0.2, -0.15) is 0 Å². The maximum absolute atomic E-state index is 10.8. The van der Waals surface area contributed by atoms with Crippen molar-refractivity contribution in [2.75, 3.05) is 13.2 Å². The van der Waals surface area contributed by atoms with Crippen molar-refractivity contribution >= 4 is 5.91 Å². The third-order valence-corrected chi connectivity index (χ3v) is 2.94. The molecular weight excluding hydrogens is 236 g/mol. The van der Waals surface area contributed by atoms with Gasteiger partial charge in [0.1, 0.15) is 6.10 Å². The number of H-pyrrole nitrogens is 1. The first-order valence-electron chi connectivity index (χ1n) is 5.91. The molecule has 1 aliphatic rings. The number of carbonyl (C=O) groups is 1. The zero-order chi connectivity index (χ0) is 13.0. The van der Waals surface area contributed by atoms with Crippen molar-refractivity contribution in [3.8, 4) is 0 Å². The number of hydrogen-bond donors (Lipinski definition) is 4. The predicted molar refractivity (Wildman–Crippen MR) is 63.6 cm³/mol. The Labute approximate surface area is 105 Å². The van der Waals surface area contributed by atoms with Crippen LogP contribution in [0.1, 0.15) is 12.6 Å². The van der Waals surface area contributed by atoms with E-state index in [4.69, 9.17) is 4.74 Å². The molecule has 0 bridgehead atoms. The highest BCUT2D eigenvalue weighted by molar-refractivity contribution is 5.72. The molecule has 1 aliphatic heterocycles. The lowest BCUT2D eigenvalue weighted by Gasteiger charge is -2.18. The van der Waals surface area contributed by atoms with E-state index in [1.165, 1.54) is 6.92 Å². The second-order valence-electron chi connectivity index (χ2n) is 4.36. The molecule has 3 unspecified atom stereocenters. The number of hydrogen-bond acceptors (Lipinski definition) is 5. The van der Waals surface area contributed by atoms with Gasteiger partial charge in [0.25, 0.3) is 0 Å². The lowest BCUT2D eigenvalue weighted by molar-refractivity contribution is -0.119. The monoisotopic (exact) mass is 254 g/mol. The van der Waals surface area contributed by atoms with Gasteiger partial charge in [0.05, 0.1) is 25.1 Å². The number of imidazole rings is 1. The fourth-order valence-electron chi connectivity index (χ4n) is 1.91. The van der Waals surface area contributed by atoms with E-state index in [9.17, 15) is 9.90 Å². The highest BCUT2D eigenvalue weighted by Gasteiger charge is 2.35. The number of amides is 1. The van der Waals surface area contributed by atoms with Gasteiger partial charge in [0.15, 0.2) is 0 Å². The van der Waals surface area contributed by atoms with Crippen molar-refractivity contribution in [1.82, 2.24) is 20.6 Å². The van der Waals surface area contributed by atoms with Crippen LogP contribution in [0.3, 0.4) is 0 Å². The molecule has 100 valence electrons. The van der Waals surface area contributed by atoms with Crippen molar-refractivity contribution in [2.24, 2.45) is 0 Å². The van der Waals surface area contributed by atoms with E-state index in [0.29, 0.717) is 19.7 Å². The maximum Gasteiger partial charge on any atom is 0.216 e. The Morgan fingerprint density at radius 2 is 2.56 bits per heavy atom. The van der Waals surface area contributed by atoms with Crippen molar-refractivity contribution in [3.05, 3.63) is 18.2 Å². The summed E-state index contributed by atoms with van der Waals surface area (Å²) < 4.78 is 5.45. The standard InChI is InChI=1S/C11H18N4O3/c1-7(16)13-4-10-11(17)9(5-18-10)14-3-8-2-12-6-15-8/h2,6,9-11,14,17H,3-5H2,1H3,(H,12,15)(H,13,16). The van der Waals surface area contributed by atoms with Crippen LogP contribution < -0.4 is 10.6 Å². The minimum Gasteiger partial charge on any atom is -0.389 e. The van der Waals surface area contributed by atoms with Gasteiger partial charge >= 0.3 is 0 Å². The van der Waals surface area contributed by atoms with Crippen molar-refractivity contribution in [2.45, 2.75) is 31.7 Å². The number of carbonyl (C=O) groups excluding carboxylic acids is 1. The van der Waals surface area contributed by atoms with E-state index >= 15 is 0 Å². The van der Waals surface area contributed by atoms with E-state index in [2.05, 4.69) is 20.6 Å². The third-order valence-electron chi connectivity index (χ3n) is 2.94. The van der Waals surface area contributed by atoms with E-state index in [1.54, 1.807) is 12.5 Å². The van der Waals surface area contributed by atoms with Gasteiger partial charge in [-0.15, -0.1) is 0 Å². The van der Waals surface area contributed by atoms with E-state index in [1.807, 2.05) is 0 Å². The second-order valence-corrected chi connectivity index (χ2v) is 4.36. The zero-order valence-corrected chi connectivity index (χ0v) is 10.2. The van der Waals surface area contributed by atoms with E-state index < -0.39 is 6.10 Å². The van der Waals surface area contributed by atoms with E-state index in [-0.39, 0.29) is 18.1 Å². The minimum absolute atomic E-state index is 0.125. The molecule has 1 saturated heterocycles. The van der Waals surface area contributed by atoms with Crippen LogP contribution in [-0.4, -0.2) is 52.4 Å². The fourth-order valence-corrected chi connectivity index (χ4v) is 1.91. The number of aliphatic hydroxyl groups is 1. The number of aromatic nitrogens is 2. The summed E-state index contributed by atoms with van der Waals surface area (Å²) in [6.07, 6.45) is 2.36. The SMILES string of the molecule is CC(=O)NCC1OCC(NCc2cnc[nH]2)C1O. The molecule has 7 nitrogen and oxygen atoms in total. The van der Waals surface area contributed by atoms with Gasteiger partial charge in [-0.3, -0.25) is 4.79 Å². The largest absolute Gasteiger partial charge is 0.389 e.